The SMILES string of the molecule is Cc1cc(C)c(OCCC(O)CC(=O)O)c(C)c1. The minimum absolute atomic E-state index is 0.241. The molecule has 2 N–H and O–H groups in total. The van der Waals surface area contributed by atoms with Crippen LogP contribution in [0.3, 0.4) is 0 Å². The van der Waals surface area contributed by atoms with Crippen molar-refractivity contribution in [3.05, 3.63) is 28.8 Å². The summed E-state index contributed by atoms with van der Waals surface area (Å²) in [5.41, 5.74) is 3.30. The summed E-state index contributed by atoms with van der Waals surface area (Å²) in [6.45, 7) is 6.30. The molecule has 1 aromatic rings. The largest absolute Gasteiger partial charge is 0.493 e. The molecule has 0 amide bonds. The molecule has 0 spiro atoms. The van der Waals surface area contributed by atoms with E-state index in [-0.39, 0.29) is 6.42 Å². The topological polar surface area (TPSA) is 66.8 Å². The van der Waals surface area contributed by atoms with Crippen molar-refractivity contribution in [2.24, 2.45) is 0 Å². The van der Waals surface area contributed by atoms with Crippen LogP contribution in [0.25, 0.3) is 0 Å². The van der Waals surface area contributed by atoms with Crippen LogP contribution in [0.15, 0.2) is 12.1 Å². The van der Waals surface area contributed by atoms with Gasteiger partial charge in [-0.3, -0.25) is 4.79 Å². The monoisotopic (exact) mass is 252 g/mol. The quantitative estimate of drug-likeness (QED) is 0.814. The first-order valence-corrected chi connectivity index (χ1v) is 6.00. The van der Waals surface area contributed by atoms with Gasteiger partial charge < -0.3 is 14.9 Å². The lowest BCUT2D eigenvalue weighted by Crippen LogP contribution is -2.16. The van der Waals surface area contributed by atoms with E-state index in [1.165, 1.54) is 5.56 Å². The van der Waals surface area contributed by atoms with Crippen molar-refractivity contribution < 1.29 is 19.7 Å². The molecule has 100 valence electrons. The predicted molar refractivity (Wildman–Crippen MR) is 69.0 cm³/mol. The van der Waals surface area contributed by atoms with Gasteiger partial charge in [-0.2, -0.15) is 0 Å². The molecule has 0 bridgehead atoms. The molecule has 0 heterocycles. The average Bonchev–Trinajstić information content (AvgIpc) is 2.20. The van der Waals surface area contributed by atoms with Gasteiger partial charge in [0.1, 0.15) is 5.75 Å². The maximum Gasteiger partial charge on any atom is 0.305 e. The molecule has 0 radical (unpaired) electrons. The predicted octanol–water partition coefficient (Wildman–Crippen LogP) is 2.22. The molecule has 1 rings (SSSR count). The summed E-state index contributed by atoms with van der Waals surface area (Å²) in [4.78, 5) is 10.4. The number of benzene rings is 1. The van der Waals surface area contributed by atoms with E-state index in [2.05, 4.69) is 0 Å². The van der Waals surface area contributed by atoms with Gasteiger partial charge in [0.2, 0.25) is 0 Å². The third-order valence-electron chi connectivity index (χ3n) is 2.71. The third-order valence-corrected chi connectivity index (χ3v) is 2.71. The Morgan fingerprint density at radius 1 is 1.28 bits per heavy atom. The fourth-order valence-electron chi connectivity index (χ4n) is 2.00. The standard InChI is InChI=1S/C14H20O4/c1-9-6-10(2)14(11(3)7-9)18-5-4-12(15)8-13(16)17/h6-7,12,15H,4-5,8H2,1-3H3,(H,16,17). The number of hydrogen-bond donors (Lipinski definition) is 2. The summed E-state index contributed by atoms with van der Waals surface area (Å²) < 4.78 is 5.62. The molecule has 0 fully saturated rings. The Labute approximate surface area is 107 Å². The number of aliphatic hydroxyl groups is 1. The van der Waals surface area contributed by atoms with Crippen LogP contribution < -0.4 is 4.74 Å². The number of hydrogen-bond acceptors (Lipinski definition) is 3. The first-order chi connectivity index (χ1) is 8.40. The molecule has 0 saturated carbocycles. The number of aryl methyl sites for hydroxylation is 3. The highest BCUT2D eigenvalue weighted by atomic mass is 16.5. The molecule has 1 aromatic carbocycles. The van der Waals surface area contributed by atoms with Gasteiger partial charge in [-0.05, 0) is 31.9 Å². The minimum atomic E-state index is -0.995. The fourth-order valence-corrected chi connectivity index (χ4v) is 2.00. The van der Waals surface area contributed by atoms with Crippen LogP contribution in [-0.2, 0) is 4.79 Å². The molecule has 0 aliphatic heterocycles. The lowest BCUT2D eigenvalue weighted by molar-refractivity contribution is -0.139. The second kappa shape index (κ2) is 6.40. The van der Waals surface area contributed by atoms with Crippen molar-refractivity contribution in [1.82, 2.24) is 0 Å². The van der Waals surface area contributed by atoms with Crippen LogP contribution in [0.2, 0.25) is 0 Å². The molecule has 4 nitrogen and oxygen atoms in total. The van der Waals surface area contributed by atoms with Crippen molar-refractivity contribution in [3.8, 4) is 5.75 Å². The number of rotatable bonds is 6. The van der Waals surface area contributed by atoms with Gasteiger partial charge >= 0.3 is 5.97 Å². The van der Waals surface area contributed by atoms with E-state index in [0.29, 0.717) is 13.0 Å². The maximum absolute atomic E-state index is 10.4. The summed E-state index contributed by atoms with van der Waals surface area (Å²) in [6, 6.07) is 4.08. The Bertz CT molecular complexity index is 403. The van der Waals surface area contributed by atoms with Crippen molar-refractivity contribution in [3.63, 3.8) is 0 Å². The van der Waals surface area contributed by atoms with E-state index in [0.717, 1.165) is 16.9 Å². The molecular formula is C14H20O4. The van der Waals surface area contributed by atoms with Crippen LogP contribution in [0, 0.1) is 20.8 Å². The van der Waals surface area contributed by atoms with Crippen LogP contribution in [0.5, 0.6) is 5.75 Å². The van der Waals surface area contributed by atoms with Gasteiger partial charge in [-0.25, -0.2) is 0 Å². The molecule has 1 atom stereocenters. The Kier molecular flexibility index (Phi) is 5.16. The van der Waals surface area contributed by atoms with Crippen LogP contribution in [0.1, 0.15) is 29.5 Å². The summed E-state index contributed by atoms with van der Waals surface area (Å²) >= 11 is 0. The average molecular weight is 252 g/mol. The lowest BCUT2D eigenvalue weighted by Gasteiger charge is -2.14. The van der Waals surface area contributed by atoms with Crippen LogP contribution in [0.4, 0.5) is 0 Å². The van der Waals surface area contributed by atoms with Crippen molar-refractivity contribution in [2.75, 3.05) is 6.61 Å². The zero-order valence-corrected chi connectivity index (χ0v) is 11.1. The van der Waals surface area contributed by atoms with E-state index < -0.39 is 12.1 Å². The van der Waals surface area contributed by atoms with E-state index in [1.807, 2.05) is 32.9 Å². The minimum Gasteiger partial charge on any atom is -0.493 e. The number of ether oxygens (including phenoxy) is 1. The second-order valence-corrected chi connectivity index (χ2v) is 4.62. The van der Waals surface area contributed by atoms with Crippen LogP contribution >= 0.6 is 0 Å². The zero-order valence-electron chi connectivity index (χ0n) is 11.1. The summed E-state index contributed by atoms with van der Waals surface area (Å²) in [5.74, 6) is -0.173. The maximum atomic E-state index is 10.4. The second-order valence-electron chi connectivity index (χ2n) is 4.62. The van der Waals surface area contributed by atoms with Crippen LogP contribution in [-0.4, -0.2) is 28.9 Å². The Hall–Kier alpha value is -1.55. The molecule has 18 heavy (non-hydrogen) atoms. The number of carbonyl (C=O) groups is 1. The van der Waals surface area contributed by atoms with Gasteiger partial charge in [0.05, 0.1) is 19.1 Å². The first kappa shape index (κ1) is 14.5. The molecule has 0 aromatic heterocycles. The molecule has 1 unspecified atom stereocenters. The molecule has 0 aliphatic rings. The number of carboxylic acid groups (broad SMARTS) is 1. The number of carboxylic acids is 1. The molecular weight excluding hydrogens is 232 g/mol. The van der Waals surface area contributed by atoms with Crippen molar-refractivity contribution in [1.29, 1.82) is 0 Å². The zero-order chi connectivity index (χ0) is 13.7. The summed E-state index contributed by atoms with van der Waals surface area (Å²) in [6.07, 6.45) is -0.776. The Morgan fingerprint density at radius 3 is 2.33 bits per heavy atom. The third kappa shape index (κ3) is 4.37. The summed E-state index contributed by atoms with van der Waals surface area (Å²) in [5, 5.41) is 17.9. The van der Waals surface area contributed by atoms with Crippen molar-refractivity contribution in [2.45, 2.75) is 39.7 Å². The number of aliphatic carboxylic acids is 1. The molecule has 0 saturated heterocycles. The normalized spacial score (nSPS) is 12.2. The van der Waals surface area contributed by atoms with E-state index >= 15 is 0 Å². The number of aliphatic hydroxyl groups excluding tert-OH is 1. The Morgan fingerprint density at radius 2 is 1.83 bits per heavy atom. The fraction of sp³-hybridized carbons (Fsp3) is 0.500. The van der Waals surface area contributed by atoms with Gasteiger partial charge in [0.25, 0.3) is 0 Å². The van der Waals surface area contributed by atoms with Crippen molar-refractivity contribution >= 4 is 5.97 Å². The highest BCUT2D eigenvalue weighted by molar-refractivity contribution is 5.67. The van der Waals surface area contributed by atoms with E-state index in [9.17, 15) is 9.90 Å². The molecule has 4 heteroatoms. The van der Waals surface area contributed by atoms with E-state index in [1.54, 1.807) is 0 Å². The van der Waals surface area contributed by atoms with Gasteiger partial charge in [0, 0.05) is 6.42 Å². The highest BCUT2D eigenvalue weighted by Crippen LogP contribution is 2.24. The van der Waals surface area contributed by atoms with Gasteiger partial charge in [0.15, 0.2) is 0 Å². The van der Waals surface area contributed by atoms with Gasteiger partial charge in [-0.1, -0.05) is 17.7 Å². The Balaban J connectivity index is 2.52. The van der Waals surface area contributed by atoms with Gasteiger partial charge in [-0.15, -0.1) is 0 Å². The smallest absolute Gasteiger partial charge is 0.305 e. The first-order valence-electron chi connectivity index (χ1n) is 6.00. The lowest BCUT2D eigenvalue weighted by atomic mass is 10.1. The summed E-state index contributed by atoms with van der Waals surface area (Å²) in [7, 11) is 0. The van der Waals surface area contributed by atoms with E-state index in [4.69, 9.17) is 9.84 Å². The highest BCUT2D eigenvalue weighted by Gasteiger charge is 2.10. The molecule has 0 aliphatic carbocycles.